The van der Waals surface area contributed by atoms with E-state index in [1.54, 1.807) is 18.2 Å². The maximum atomic E-state index is 13.5. The number of nitrogens with one attached hydrogen (secondary N) is 2. The standard InChI is InChI=1S/C18H14BrF3N2O4/c1-9(28-18(27)10-4-2-3-5-11(10)19)17(26)23-8-14(25)24-13-7-6-12(20)15(21)16(13)22/h2-7,9H,8H2,1H3,(H,23,26)(H,24,25). The van der Waals surface area contributed by atoms with Crippen molar-refractivity contribution in [3.63, 3.8) is 0 Å². The fourth-order valence-electron chi connectivity index (χ4n) is 2.03. The second kappa shape index (κ2) is 9.36. The first-order valence-electron chi connectivity index (χ1n) is 7.87. The lowest BCUT2D eigenvalue weighted by Gasteiger charge is -2.14. The smallest absolute Gasteiger partial charge is 0.340 e. The number of halogens is 4. The molecule has 2 aromatic carbocycles. The molecule has 0 saturated heterocycles. The third-order valence-corrected chi connectivity index (χ3v) is 4.17. The second-order valence-electron chi connectivity index (χ2n) is 5.52. The van der Waals surface area contributed by atoms with Crippen molar-refractivity contribution in [3.05, 3.63) is 63.9 Å². The van der Waals surface area contributed by atoms with Gasteiger partial charge in [-0.15, -0.1) is 0 Å². The van der Waals surface area contributed by atoms with Gasteiger partial charge < -0.3 is 15.4 Å². The average Bonchev–Trinajstić information content (AvgIpc) is 2.66. The molecule has 2 rings (SSSR count). The van der Waals surface area contributed by atoms with Crippen LogP contribution in [0.25, 0.3) is 0 Å². The number of hydrogen-bond acceptors (Lipinski definition) is 4. The topological polar surface area (TPSA) is 84.5 Å². The van der Waals surface area contributed by atoms with Crippen LogP contribution in [-0.2, 0) is 14.3 Å². The minimum absolute atomic E-state index is 0.216. The van der Waals surface area contributed by atoms with E-state index in [0.717, 1.165) is 6.07 Å². The monoisotopic (exact) mass is 458 g/mol. The molecule has 2 amide bonds. The van der Waals surface area contributed by atoms with Crippen LogP contribution >= 0.6 is 15.9 Å². The molecule has 2 N–H and O–H groups in total. The second-order valence-corrected chi connectivity index (χ2v) is 6.37. The summed E-state index contributed by atoms with van der Waals surface area (Å²) < 4.78 is 45.0. The first-order chi connectivity index (χ1) is 13.2. The Labute approximate surface area is 166 Å². The lowest BCUT2D eigenvalue weighted by molar-refractivity contribution is -0.130. The van der Waals surface area contributed by atoms with E-state index in [1.807, 2.05) is 5.32 Å². The predicted octanol–water partition coefficient (Wildman–Crippen LogP) is 3.17. The summed E-state index contributed by atoms with van der Waals surface area (Å²) in [6.45, 7) is 0.700. The first-order valence-corrected chi connectivity index (χ1v) is 8.66. The van der Waals surface area contributed by atoms with E-state index in [0.29, 0.717) is 10.5 Å². The molecule has 0 bridgehead atoms. The van der Waals surface area contributed by atoms with E-state index in [9.17, 15) is 27.6 Å². The molecule has 0 fully saturated rings. The Hall–Kier alpha value is -2.88. The SMILES string of the molecule is CC(OC(=O)c1ccccc1Br)C(=O)NCC(=O)Nc1ccc(F)c(F)c1F. The molecule has 0 aliphatic carbocycles. The van der Waals surface area contributed by atoms with E-state index in [-0.39, 0.29) is 5.56 Å². The number of rotatable bonds is 6. The molecule has 0 saturated carbocycles. The number of ether oxygens (including phenoxy) is 1. The Bertz CT molecular complexity index is 924. The van der Waals surface area contributed by atoms with Gasteiger partial charge in [-0.05, 0) is 47.1 Å². The zero-order chi connectivity index (χ0) is 20.8. The van der Waals surface area contributed by atoms with Crippen LogP contribution in [0.2, 0.25) is 0 Å². The summed E-state index contributed by atoms with van der Waals surface area (Å²) in [7, 11) is 0. The van der Waals surface area contributed by atoms with Gasteiger partial charge >= 0.3 is 5.97 Å². The van der Waals surface area contributed by atoms with E-state index in [4.69, 9.17) is 4.74 Å². The van der Waals surface area contributed by atoms with Crippen molar-refractivity contribution < 1.29 is 32.3 Å². The third kappa shape index (κ3) is 5.32. The number of esters is 1. The highest BCUT2D eigenvalue weighted by Crippen LogP contribution is 2.19. The molecule has 28 heavy (non-hydrogen) atoms. The van der Waals surface area contributed by atoms with Crippen LogP contribution in [0.4, 0.5) is 18.9 Å². The Morgan fingerprint density at radius 1 is 1.07 bits per heavy atom. The van der Waals surface area contributed by atoms with Crippen LogP contribution < -0.4 is 10.6 Å². The van der Waals surface area contributed by atoms with Crippen molar-refractivity contribution in [3.8, 4) is 0 Å². The van der Waals surface area contributed by atoms with Gasteiger partial charge in [0.25, 0.3) is 5.91 Å². The molecule has 1 atom stereocenters. The molecule has 1 unspecified atom stereocenters. The summed E-state index contributed by atoms with van der Waals surface area (Å²) in [6.07, 6.45) is -1.22. The zero-order valence-electron chi connectivity index (χ0n) is 14.4. The predicted molar refractivity (Wildman–Crippen MR) is 97.0 cm³/mol. The minimum atomic E-state index is -1.73. The Morgan fingerprint density at radius 3 is 2.43 bits per heavy atom. The Morgan fingerprint density at radius 2 is 1.75 bits per heavy atom. The van der Waals surface area contributed by atoms with Crippen molar-refractivity contribution >= 4 is 39.4 Å². The number of carbonyl (C=O) groups is 3. The largest absolute Gasteiger partial charge is 0.449 e. The van der Waals surface area contributed by atoms with Crippen LogP contribution in [0.15, 0.2) is 40.9 Å². The molecule has 6 nitrogen and oxygen atoms in total. The van der Waals surface area contributed by atoms with E-state index >= 15 is 0 Å². The molecule has 0 heterocycles. The molecular weight excluding hydrogens is 445 g/mol. The van der Waals surface area contributed by atoms with Gasteiger partial charge in [-0.2, -0.15) is 0 Å². The highest BCUT2D eigenvalue weighted by molar-refractivity contribution is 9.10. The van der Waals surface area contributed by atoms with Gasteiger partial charge in [0.05, 0.1) is 17.8 Å². The lowest BCUT2D eigenvalue weighted by atomic mass is 10.2. The van der Waals surface area contributed by atoms with Crippen molar-refractivity contribution in [1.29, 1.82) is 0 Å². The zero-order valence-corrected chi connectivity index (χ0v) is 16.0. The minimum Gasteiger partial charge on any atom is -0.449 e. The van der Waals surface area contributed by atoms with Gasteiger partial charge in [0.15, 0.2) is 23.6 Å². The molecule has 0 aliphatic heterocycles. The normalized spacial score (nSPS) is 11.5. The van der Waals surface area contributed by atoms with Gasteiger partial charge in [0.2, 0.25) is 5.91 Å². The molecule has 0 aromatic heterocycles. The van der Waals surface area contributed by atoms with E-state index < -0.39 is 53.6 Å². The third-order valence-electron chi connectivity index (χ3n) is 3.48. The van der Waals surface area contributed by atoms with Crippen LogP contribution in [-0.4, -0.2) is 30.4 Å². The lowest BCUT2D eigenvalue weighted by Crippen LogP contribution is -2.40. The van der Waals surface area contributed by atoms with Gasteiger partial charge in [-0.25, -0.2) is 18.0 Å². The fourth-order valence-corrected chi connectivity index (χ4v) is 2.48. The number of carbonyl (C=O) groups excluding carboxylic acids is 3. The van der Waals surface area contributed by atoms with Crippen molar-refractivity contribution in [2.24, 2.45) is 0 Å². The van der Waals surface area contributed by atoms with Gasteiger partial charge in [-0.3, -0.25) is 9.59 Å². The molecule has 0 aliphatic rings. The molecule has 10 heteroatoms. The number of hydrogen-bond donors (Lipinski definition) is 2. The average molecular weight is 459 g/mol. The Balaban J connectivity index is 1.87. The molecule has 2 aromatic rings. The molecule has 0 spiro atoms. The summed E-state index contributed by atoms with van der Waals surface area (Å²) in [5.41, 5.74) is -0.361. The summed E-state index contributed by atoms with van der Waals surface area (Å²) in [6, 6.07) is 7.94. The molecular formula is C18H14BrF3N2O4. The van der Waals surface area contributed by atoms with E-state index in [1.165, 1.54) is 13.0 Å². The molecule has 148 valence electrons. The summed E-state index contributed by atoms with van der Waals surface area (Å²) in [5, 5.41) is 4.19. The first kappa shape index (κ1) is 21.4. The van der Waals surface area contributed by atoms with Gasteiger partial charge in [0, 0.05) is 4.47 Å². The van der Waals surface area contributed by atoms with Gasteiger partial charge in [-0.1, -0.05) is 12.1 Å². The Kier molecular flexibility index (Phi) is 7.16. The van der Waals surface area contributed by atoms with Crippen LogP contribution in [0.1, 0.15) is 17.3 Å². The van der Waals surface area contributed by atoms with Crippen molar-refractivity contribution in [1.82, 2.24) is 5.32 Å². The van der Waals surface area contributed by atoms with Gasteiger partial charge in [0.1, 0.15) is 0 Å². The van der Waals surface area contributed by atoms with Crippen molar-refractivity contribution in [2.45, 2.75) is 13.0 Å². The van der Waals surface area contributed by atoms with Crippen LogP contribution in [0.5, 0.6) is 0 Å². The summed E-state index contributed by atoms with van der Waals surface area (Å²) in [5.74, 6) is -7.10. The number of benzene rings is 2. The maximum Gasteiger partial charge on any atom is 0.340 e. The highest BCUT2D eigenvalue weighted by Gasteiger charge is 2.21. The van der Waals surface area contributed by atoms with Crippen LogP contribution in [0.3, 0.4) is 0 Å². The highest BCUT2D eigenvalue weighted by atomic mass is 79.9. The number of amides is 2. The number of anilines is 1. The maximum absolute atomic E-state index is 13.5. The van der Waals surface area contributed by atoms with E-state index in [2.05, 4.69) is 21.2 Å². The molecule has 0 radical (unpaired) electrons. The fraction of sp³-hybridized carbons (Fsp3) is 0.167. The quantitative estimate of drug-likeness (QED) is 0.514. The van der Waals surface area contributed by atoms with Crippen molar-refractivity contribution in [2.75, 3.05) is 11.9 Å². The van der Waals surface area contributed by atoms with Crippen LogP contribution in [0, 0.1) is 17.5 Å². The summed E-state index contributed by atoms with van der Waals surface area (Å²) >= 11 is 3.19. The summed E-state index contributed by atoms with van der Waals surface area (Å²) in [4.78, 5) is 35.7.